The Morgan fingerprint density at radius 2 is 1.87 bits per heavy atom. The Labute approximate surface area is 93.2 Å². The zero-order valence-electron chi connectivity index (χ0n) is 10.2. The van der Waals surface area contributed by atoms with E-state index in [4.69, 9.17) is 14.6 Å². The summed E-state index contributed by atoms with van der Waals surface area (Å²) in [4.78, 5) is 2.35. The fourth-order valence-electron chi connectivity index (χ4n) is 1.37. The van der Waals surface area contributed by atoms with Crippen molar-refractivity contribution >= 4 is 0 Å². The Balaban J connectivity index is 3.69. The molecule has 0 aromatic carbocycles. The molecule has 0 aliphatic heterocycles. The summed E-state index contributed by atoms with van der Waals surface area (Å²) in [6.07, 6.45) is 1.13. The fourth-order valence-corrected chi connectivity index (χ4v) is 1.37. The Bertz CT molecular complexity index is 133. The minimum Gasteiger partial charge on any atom is -0.394 e. The number of aliphatic hydroxyl groups excluding tert-OH is 1. The Hall–Kier alpha value is -0.160. The first-order valence-corrected chi connectivity index (χ1v) is 5.67. The molecule has 0 saturated carbocycles. The maximum Gasteiger partial charge on any atom is 0.0698 e. The second kappa shape index (κ2) is 10.4. The van der Waals surface area contributed by atoms with Gasteiger partial charge in [-0.15, -0.1) is 0 Å². The van der Waals surface area contributed by atoms with Crippen molar-refractivity contribution in [2.24, 2.45) is 0 Å². The summed E-state index contributed by atoms with van der Waals surface area (Å²) in [6.45, 7) is 8.19. The normalized spacial score (nSPS) is 13.4. The lowest BCUT2D eigenvalue weighted by atomic mass is 10.2. The van der Waals surface area contributed by atoms with E-state index in [0.29, 0.717) is 19.3 Å². The van der Waals surface area contributed by atoms with Gasteiger partial charge >= 0.3 is 0 Å². The maximum absolute atomic E-state index is 8.57. The lowest BCUT2D eigenvalue weighted by Crippen LogP contribution is -2.38. The van der Waals surface area contributed by atoms with Gasteiger partial charge in [0.05, 0.1) is 26.4 Å². The molecular weight excluding hydrogens is 194 g/mol. The van der Waals surface area contributed by atoms with Crippen LogP contribution in [0.5, 0.6) is 0 Å². The number of ether oxygens (including phenoxy) is 2. The highest BCUT2D eigenvalue weighted by atomic mass is 16.5. The molecule has 0 rings (SSSR count). The standard InChI is InChI=1S/C11H25NO3/c1-4-11(2)12(5-8-14-3)6-9-15-10-7-13/h11,13H,4-10H2,1-3H3. The van der Waals surface area contributed by atoms with E-state index in [1.807, 2.05) is 0 Å². The van der Waals surface area contributed by atoms with Crippen LogP contribution in [0.4, 0.5) is 0 Å². The van der Waals surface area contributed by atoms with Crippen LogP contribution in [0.2, 0.25) is 0 Å². The van der Waals surface area contributed by atoms with Gasteiger partial charge in [0.25, 0.3) is 0 Å². The summed E-state index contributed by atoms with van der Waals surface area (Å²) in [6, 6.07) is 0.554. The van der Waals surface area contributed by atoms with Crippen LogP contribution < -0.4 is 0 Å². The van der Waals surface area contributed by atoms with E-state index in [9.17, 15) is 0 Å². The molecule has 1 N–H and O–H groups in total. The molecule has 0 aliphatic rings. The third-order valence-corrected chi connectivity index (χ3v) is 2.56. The number of aliphatic hydroxyl groups is 1. The number of hydrogen-bond acceptors (Lipinski definition) is 4. The molecule has 0 fully saturated rings. The van der Waals surface area contributed by atoms with Crippen LogP contribution in [-0.4, -0.2) is 62.7 Å². The molecule has 0 aromatic heterocycles. The number of hydrogen-bond donors (Lipinski definition) is 1. The molecule has 0 spiro atoms. The average Bonchev–Trinajstić information content (AvgIpc) is 2.27. The predicted molar refractivity (Wildman–Crippen MR) is 61.1 cm³/mol. The van der Waals surface area contributed by atoms with Crippen LogP contribution in [0.15, 0.2) is 0 Å². The summed E-state index contributed by atoms with van der Waals surface area (Å²) in [5.74, 6) is 0. The quantitative estimate of drug-likeness (QED) is 0.550. The molecule has 1 atom stereocenters. The highest BCUT2D eigenvalue weighted by molar-refractivity contribution is 4.65. The molecule has 0 heterocycles. The summed E-state index contributed by atoms with van der Waals surface area (Å²) in [7, 11) is 1.72. The molecule has 0 bridgehead atoms. The van der Waals surface area contributed by atoms with Gasteiger partial charge in [-0.2, -0.15) is 0 Å². The van der Waals surface area contributed by atoms with E-state index >= 15 is 0 Å². The van der Waals surface area contributed by atoms with Crippen LogP contribution in [0, 0.1) is 0 Å². The van der Waals surface area contributed by atoms with Gasteiger partial charge in [-0.1, -0.05) is 6.92 Å². The minimum atomic E-state index is 0.0986. The Morgan fingerprint density at radius 1 is 1.20 bits per heavy atom. The lowest BCUT2D eigenvalue weighted by molar-refractivity contribution is 0.0542. The lowest BCUT2D eigenvalue weighted by Gasteiger charge is -2.27. The van der Waals surface area contributed by atoms with Crippen molar-refractivity contribution in [3.05, 3.63) is 0 Å². The number of methoxy groups -OCH3 is 1. The van der Waals surface area contributed by atoms with Crippen molar-refractivity contribution in [2.45, 2.75) is 26.3 Å². The second-order valence-electron chi connectivity index (χ2n) is 3.62. The molecule has 0 amide bonds. The van der Waals surface area contributed by atoms with Crippen molar-refractivity contribution in [3.63, 3.8) is 0 Å². The minimum absolute atomic E-state index is 0.0986. The van der Waals surface area contributed by atoms with Gasteiger partial charge in [0.2, 0.25) is 0 Å². The van der Waals surface area contributed by atoms with Crippen LogP contribution in [0.3, 0.4) is 0 Å². The molecule has 0 saturated heterocycles. The molecule has 92 valence electrons. The molecule has 15 heavy (non-hydrogen) atoms. The Kier molecular flexibility index (Phi) is 10.3. The average molecular weight is 219 g/mol. The molecule has 0 aliphatic carbocycles. The summed E-state index contributed by atoms with van der Waals surface area (Å²) >= 11 is 0. The van der Waals surface area contributed by atoms with Gasteiger partial charge < -0.3 is 14.6 Å². The summed E-state index contributed by atoms with van der Waals surface area (Å²) in [5.41, 5.74) is 0. The van der Waals surface area contributed by atoms with E-state index in [1.54, 1.807) is 7.11 Å². The number of rotatable bonds is 10. The topological polar surface area (TPSA) is 41.9 Å². The Morgan fingerprint density at radius 3 is 2.40 bits per heavy atom. The predicted octanol–water partition coefficient (Wildman–Crippen LogP) is 0.742. The first-order valence-electron chi connectivity index (χ1n) is 5.67. The van der Waals surface area contributed by atoms with Crippen molar-refractivity contribution < 1.29 is 14.6 Å². The highest BCUT2D eigenvalue weighted by Gasteiger charge is 2.10. The molecular formula is C11H25NO3. The maximum atomic E-state index is 8.57. The largest absolute Gasteiger partial charge is 0.394 e. The van der Waals surface area contributed by atoms with Crippen LogP contribution in [-0.2, 0) is 9.47 Å². The van der Waals surface area contributed by atoms with Crippen molar-refractivity contribution in [3.8, 4) is 0 Å². The van der Waals surface area contributed by atoms with E-state index in [0.717, 1.165) is 26.1 Å². The van der Waals surface area contributed by atoms with E-state index in [-0.39, 0.29) is 6.61 Å². The van der Waals surface area contributed by atoms with E-state index in [2.05, 4.69) is 18.7 Å². The molecule has 4 nitrogen and oxygen atoms in total. The summed E-state index contributed by atoms with van der Waals surface area (Å²) < 4.78 is 10.3. The molecule has 1 unspecified atom stereocenters. The van der Waals surface area contributed by atoms with E-state index in [1.165, 1.54) is 0 Å². The summed E-state index contributed by atoms with van der Waals surface area (Å²) in [5, 5.41) is 8.57. The van der Waals surface area contributed by atoms with E-state index < -0.39 is 0 Å². The first kappa shape index (κ1) is 14.8. The van der Waals surface area contributed by atoms with Crippen molar-refractivity contribution in [1.82, 2.24) is 4.90 Å². The number of nitrogens with zero attached hydrogens (tertiary/aromatic N) is 1. The smallest absolute Gasteiger partial charge is 0.0698 e. The highest BCUT2D eigenvalue weighted by Crippen LogP contribution is 2.02. The van der Waals surface area contributed by atoms with Crippen LogP contribution >= 0.6 is 0 Å². The van der Waals surface area contributed by atoms with Crippen molar-refractivity contribution in [1.29, 1.82) is 0 Å². The zero-order valence-corrected chi connectivity index (χ0v) is 10.2. The van der Waals surface area contributed by atoms with Gasteiger partial charge in [-0.3, -0.25) is 4.90 Å². The molecule has 0 aromatic rings. The van der Waals surface area contributed by atoms with Crippen LogP contribution in [0.1, 0.15) is 20.3 Å². The third-order valence-electron chi connectivity index (χ3n) is 2.56. The van der Waals surface area contributed by atoms with Gasteiger partial charge in [0, 0.05) is 26.2 Å². The third kappa shape index (κ3) is 7.73. The fraction of sp³-hybridized carbons (Fsp3) is 1.00. The monoisotopic (exact) mass is 219 g/mol. The van der Waals surface area contributed by atoms with Gasteiger partial charge in [-0.25, -0.2) is 0 Å². The molecule has 0 radical (unpaired) electrons. The molecule has 4 heteroatoms. The van der Waals surface area contributed by atoms with Gasteiger partial charge in [0.15, 0.2) is 0 Å². The SMILES string of the molecule is CCC(C)N(CCOC)CCOCCO. The van der Waals surface area contributed by atoms with Crippen molar-refractivity contribution in [2.75, 3.05) is 46.6 Å². The van der Waals surface area contributed by atoms with Gasteiger partial charge in [-0.05, 0) is 13.3 Å². The van der Waals surface area contributed by atoms with Gasteiger partial charge in [0.1, 0.15) is 0 Å². The zero-order chi connectivity index (χ0) is 11.5. The van der Waals surface area contributed by atoms with Crippen LogP contribution in [0.25, 0.3) is 0 Å². The second-order valence-corrected chi connectivity index (χ2v) is 3.62. The first-order chi connectivity index (χ1) is 7.26.